The van der Waals surface area contributed by atoms with Crippen molar-refractivity contribution in [2.45, 2.75) is 19.5 Å². The Balaban J connectivity index is 4.14. The van der Waals surface area contributed by atoms with Gasteiger partial charge in [-0.2, -0.15) is 13.2 Å². The highest BCUT2D eigenvalue weighted by molar-refractivity contribution is 5.88. The largest absolute Gasteiger partial charge is 0.432 e. The third-order valence-corrected chi connectivity index (χ3v) is 0.783. The Labute approximate surface area is 50.0 Å². The summed E-state index contributed by atoms with van der Waals surface area (Å²) in [7, 11) is 0. The average molecular weight is 141 g/mol. The second-order valence-corrected chi connectivity index (χ2v) is 1.40. The Morgan fingerprint density at radius 2 is 2.00 bits per heavy atom. The molecule has 0 aromatic heterocycles. The molecule has 5 heteroatoms. The molecule has 0 aliphatic rings. The molecule has 0 atom stereocenters. The van der Waals surface area contributed by atoms with Crippen molar-refractivity contribution in [3.8, 4) is 0 Å². The molecule has 0 heterocycles. The highest BCUT2D eigenvalue weighted by Crippen LogP contribution is 2.18. The van der Waals surface area contributed by atoms with Crippen LogP contribution in [-0.2, 0) is 0 Å². The summed E-state index contributed by atoms with van der Waals surface area (Å²) in [5.74, 6) is 0. The molecule has 0 amide bonds. The Bertz CT molecular complexity index is 117. The zero-order valence-electron chi connectivity index (χ0n) is 4.74. The lowest BCUT2D eigenvalue weighted by Crippen LogP contribution is -2.21. The zero-order chi connectivity index (χ0) is 7.49. The van der Waals surface area contributed by atoms with Crippen LogP contribution in [0.5, 0.6) is 0 Å². The van der Waals surface area contributed by atoms with Crippen LogP contribution in [0.2, 0.25) is 0 Å². The molecule has 0 spiro atoms. The first-order valence-corrected chi connectivity index (χ1v) is 2.30. The maximum absolute atomic E-state index is 11.4. The molecule has 0 bridgehead atoms. The van der Waals surface area contributed by atoms with E-state index >= 15 is 0 Å². The lowest BCUT2D eigenvalue weighted by atomic mass is 10.3. The first kappa shape index (κ1) is 8.26. The van der Waals surface area contributed by atoms with Gasteiger partial charge in [0.15, 0.2) is 5.71 Å². The monoisotopic (exact) mass is 141 g/mol. The summed E-state index contributed by atoms with van der Waals surface area (Å²) >= 11 is 0. The van der Waals surface area contributed by atoms with E-state index in [1.54, 1.807) is 0 Å². The molecule has 0 aromatic carbocycles. The maximum atomic E-state index is 11.4. The highest BCUT2D eigenvalue weighted by Gasteiger charge is 2.34. The van der Waals surface area contributed by atoms with Crippen LogP contribution in [-0.4, -0.2) is 17.1 Å². The molecule has 0 unspecified atom stereocenters. The minimum Gasteiger partial charge on any atom is -0.411 e. The van der Waals surface area contributed by atoms with Gasteiger partial charge in [0, 0.05) is 0 Å². The summed E-state index contributed by atoms with van der Waals surface area (Å²) in [6.45, 7) is 1.27. The summed E-state index contributed by atoms with van der Waals surface area (Å²) in [5.41, 5.74) is -1.15. The average Bonchev–Trinajstić information content (AvgIpc) is 1.65. The third-order valence-electron chi connectivity index (χ3n) is 0.783. The van der Waals surface area contributed by atoms with Crippen molar-refractivity contribution < 1.29 is 18.4 Å². The molecule has 0 aliphatic carbocycles. The van der Waals surface area contributed by atoms with Crippen molar-refractivity contribution in [3.05, 3.63) is 0 Å². The van der Waals surface area contributed by atoms with E-state index in [1.807, 2.05) is 0 Å². The van der Waals surface area contributed by atoms with E-state index in [0.29, 0.717) is 0 Å². The van der Waals surface area contributed by atoms with E-state index in [0.717, 1.165) is 0 Å². The van der Waals surface area contributed by atoms with Gasteiger partial charge in [0.2, 0.25) is 0 Å². The van der Waals surface area contributed by atoms with E-state index in [2.05, 4.69) is 5.16 Å². The van der Waals surface area contributed by atoms with Crippen molar-refractivity contribution in [2.24, 2.45) is 5.16 Å². The first-order valence-electron chi connectivity index (χ1n) is 2.30. The summed E-state index contributed by atoms with van der Waals surface area (Å²) in [5, 5.41) is 9.80. The third kappa shape index (κ3) is 2.34. The quantitative estimate of drug-likeness (QED) is 0.337. The van der Waals surface area contributed by atoms with Gasteiger partial charge in [-0.3, -0.25) is 0 Å². The number of halogens is 3. The van der Waals surface area contributed by atoms with Crippen LogP contribution in [0.3, 0.4) is 0 Å². The second kappa shape index (κ2) is 2.70. The summed E-state index contributed by atoms with van der Waals surface area (Å²) < 4.78 is 34.3. The summed E-state index contributed by atoms with van der Waals surface area (Å²) in [6.07, 6.45) is -4.79. The van der Waals surface area contributed by atoms with Crippen LogP contribution in [0, 0.1) is 0 Å². The summed E-state index contributed by atoms with van der Waals surface area (Å²) in [4.78, 5) is 0. The standard InChI is InChI=1S/C4H6F3NO/c1-2-3(8-9)4(5,6)7/h9H,2H2,1H3/b8-3-. The maximum Gasteiger partial charge on any atom is 0.432 e. The van der Waals surface area contributed by atoms with Crippen LogP contribution in [0.4, 0.5) is 13.2 Å². The number of rotatable bonds is 1. The molecule has 0 aliphatic heterocycles. The van der Waals surface area contributed by atoms with Crippen LogP contribution in [0.1, 0.15) is 13.3 Å². The molecule has 9 heavy (non-hydrogen) atoms. The number of hydrogen-bond donors (Lipinski definition) is 1. The lowest BCUT2D eigenvalue weighted by Gasteiger charge is -2.03. The van der Waals surface area contributed by atoms with E-state index < -0.39 is 11.9 Å². The van der Waals surface area contributed by atoms with Gasteiger partial charge in [-0.1, -0.05) is 12.1 Å². The molecule has 0 saturated carbocycles. The molecule has 0 fully saturated rings. The van der Waals surface area contributed by atoms with Gasteiger partial charge in [-0.15, -0.1) is 0 Å². The number of hydrogen-bond acceptors (Lipinski definition) is 2. The Hall–Kier alpha value is -0.740. The van der Waals surface area contributed by atoms with Crippen molar-refractivity contribution in [1.29, 1.82) is 0 Å². The fraction of sp³-hybridized carbons (Fsp3) is 0.750. The first-order chi connectivity index (χ1) is 4.02. The number of oxime groups is 1. The van der Waals surface area contributed by atoms with Gasteiger partial charge >= 0.3 is 6.18 Å². The molecular formula is C4H6F3NO. The van der Waals surface area contributed by atoms with E-state index in [4.69, 9.17) is 5.21 Å². The van der Waals surface area contributed by atoms with Crippen LogP contribution in [0.25, 0.3) is 0 Å². The second-order valence-electron chi connectivity index (χ2n) is 1.40. The fourth-order valence-corrected chi connectivity index (χ4v) is 0.328. The minimum atomic E-state index is -4.48. The lowest BCUT2D eigenvalue weighted by molar-refractivity contribution is -0.0624. The minimum absolute atomic E-state index is 0.306. The smallest absolute Gasteiger partial charge is 0.411 e. The Morgan fingerprint density at radius 3 is 2.00 bits per heavy atom. The summed E-state index contributed by atoms with van der Waals surface area (Å²) in [6, 6.07) is 0. The van der Waals surface area contributed by atoms with Gasteiger partial charge < -0.3 is 5.21 Å². The topological polar surface area (TPSA) is 32.6 Å². The number of alkyl halides is 3. The normalized spacial score (nSPS) is 14.0. The molecule has 0 rings (SSSR count). The Kier molecular flexibility index (Phi) is 2.48. The van der Waals surface area contributed by atoms with Crippen LogP contribution in [0.15, 0.2) is 5.16 Å². The van der Waals surface area contributed by atoms with Crippen molar-refractivity contribution >= 4 is 5.71 Å². The molecule has 0 radical (unpaired) electrons. The van der Waals surface area contributed by atoms with Gasteiger partial charge in [-0.25, -0.2) is 0 Å². The van der Waals surface area contributed by atoms with Gasteiger partial charge in [0.1, 0.15) is 0 Å². The molecule has 0 aromatic rings. The van der Waals surface area contributed by atoms with E-state index in [-0.39, 0.29) is 6.42 Å². The van der Waals surface area contributed by atoms with Crippen molar-refractivity contribution in [3.63, 3.8) is 0 Å². The fourth-order valence-electron chi connectivity index (χ4n) is 0.328. The van der Waals surface area contributed by atoms with Gasteiger partial charge in [-0.05, 0) is 6.42 Å². The molecule has 54 valence electrons. The molecule has 2 nitrogen and oxygen atoms in total. The van der Waals surface area contributed by atoms with Crippen molar-refractivity contribution in [1.82, 2.24) is 0 Å². The van der Waals surface area contributed by atoms with Gasteiger partial charge in [0.25, 0.3) is 0 Å². The van der Waals surface area contributed by atoms with E-state index in [9.17, 15) is 13.2 Å². The number of nitrogens with zero attached hydrogens (tertiary/aromatic N) is 1. The molecular weight excluding hydrogens is 135 g/mol. The Morgan fingerprint density at radius 1 is 1.56 bits per heavy atom. The highest BCUT2D eigenvalue weighted by atomic mass is 19.4. The SMILES string of the molecule is CC/C(=N/O)C(F)(F)F. The predicted octanol–water partition coefficient (Wildman–Crippen LogP) is 1.79. The van der Waals surface area contributed by atoms with Gasteiger partial charge in [0.05, 0.1) is 0 Å². The van der Waals surface area contributed by atoms with Crippen molar-refractivity contribution in [2.75, 3.05) is 0 Å². The zero-order valence-corrected chi connectivity index (χ0v) is 4.74. The molecule has 0 saturated heterocycles. The van der Waals surface area contributed by atoms with Crippen LogP contribution < -0.4 is 0 Å². The van der Waals surface area contributed by atoms with Crippen LogP contribution >= 0.6 is 0 Å². The predicted molar refractivity (Wildman–Crippen MR) is 25.6 cm³/mol. The molecule has 1 N–H and O–H groups in total. The van der Waals surface area contributed by atoms with E-state index in [1.165, 1.54) is 6.92 Å².